The summed E-state index contributed by atoms with van der Waals surface area (Å²) in [5.74, 6) is 0. The lowest BCUT2D eigenvalue weighted by atomic mass is 10.1. The molecule has 0 bridgehead atoms. The second-order valence-electron chi connectivity index (χ2n) is 5.33. The lowest BCUT2D eigenvalue weighted by molar-refractivity contribution is 0.00848. The van der Waals surface area contributed by atoms with E-state index < -0.39 is 0 Å². The molecule has 0 radical (unpaired) electrons. The van der Waals surface area contributed by atoms with Gasteiger partial charge in [-0.15, -0.1) is 11.8 Å². The summed E-state index contributed by atoms with van der Waals surface area (Å²) in [6.45, 7) is 1.58. The summed E-state index contributed by atoms with van der Waals surface area (Å²) in [5, 5.41) is 2.97. The first-order chi connectivity index (χ1) is 10.2. The monoisotopic (exact) mass is 308 g/mol. The second kappa shape index (κ2) is 8.29. The Morgan fingerprint density at radius 2 is 2.24 bits per heavy atom. The fourth-order valence-corrected chi connectivity index (χ4v) is 2.99. The molecular formula is C16H24N2O2S. The summed E-state index contributed by atoms with van der Waals surface area (Å²) in [7, 11) is 1.83. The molecule has 0 aliphatic carbocycles. The molecule has 1 aromatic rings. The average molecular weight is 308 g/mol. The van der Waals surface area contributed by atoms with Crippen LogP contribution < -0.4 is 5.32 Å². The van der Waals surface area contributed by atoms with E-state index in [1.807, 2.05) is 37.6 Å². The summed E-state index contributed by atoms with van der Waals surface area (Å²) in [4.78, 5) is 15.0. The van der Waals surface area contributed by atoms with Gasteiger partial charge in [-0.25, -0.2) is 4.79 Å². The van der Waals surface area contributed by atoms with Crippen LogP contribution in [0.2, 0.25) is 0 Å². The molecule has 1 heterocycles. The summed E-state index contributed by atoms with van der Waals surface area (Å²) < 4.78 is 5.70. The van der Waals surface area contributed by atoms with E-state index >= 15 is 0 Å². The molecule has 5 heteroatoms. The molecular weight excluding hydrogens is 284 g/mol. The highest BCUT2D eigenvalue weighted by atomic mass is 32.2. The molecule has 2 amide bonds. The number of ether oxygens (including phenoxy) is 1. The van der Waals surface area contributed by atoms with E-state index in [1.165, 1.54) is 6.42 Å². The molecule has 1 atom stereocenters. The first-order valence-corrected chi connectivity index (χ1v) is 8.70. The number of nitrogens with zero attached hydrogens (tertiary/aromatic N) is 1. The standard InChI is InChI=1S/C16H24N2O2S/c1-18(11-10-13-7-5-6-12-20-13)16(19)17-14-8-3-4-9-15(14)21-2/h3-4,8-9,13H,5-7,10-12H2,1-2H3,(H,17,19). The minimum Gasteiger partial charge on any atom is -0.378 e. The van der Waals surface area contributed by atoms with Crippen molar-refractivity contribution in [2.45, 2.75) is 36.7 Å². The van der Waals surface area contributed by atoms with Gasteiger partial charge in [0.25, 0.3) is 0 Å². The second-order valence-corrected chi connectivity index (χ2v) is 6.18. The zero-order valence-corrected chi connectivity index (χ0v) is 13.6. The topological polar surface area (TPSA) is 41.6 Å². The molecule has 0 spiro atoms. The Morgan fingerprint density at radius 3 is 2.95 bits per heavy atom. The molecule has 0 saturated carbocycles. The van der Waals surface area contributed by atoms with Crippen molar-refractivity contribution < 1.29 is 9.53 Å². The van der Waals surface area contributed by atoms with Crippen LogP contribution in [0.25, 0.3) is 0 Å². The number of nitrogens with one attached hydrogen (secondary N) is 1. The fraction of sp³-hybridized carbons (Fsp3) is 0.562. The first-order valence-electron chi connectivity index (χ1n) is 7.47. The highest BCUT2D eigenvalue weighted by Crippen LogP contribution is 2.24. The molecule has 1 aromatic carbocycles. The molecule has 0 aromatic heterocycles. The maximum Gasteiger partial charge on any atom is 0.321 e. The van der Waals surface area contributed by atoms with Crippen molar-refractivity contribution in [3.63, 3.8) is 0 Å². The van der Waals surface area contributed by atoms with E-state index in [9.17, 15) is 4.79 Å². The molecule has 1 saturated heterocycles. The van der Waals surface area contributed by atoms with Crippen LogP contribution in [0.5, 0.6) is 0 Å². The van der Waals surface area contributed by atoms with Crippen molar-refractivity contribution in [2.24, 2.45) is 0 Å². The highest BCUT2D eigenvalue weighted by molar-refractivity contribution is 7.98. The normalized spacial score (nSPS) is 18.3. The fourth-order valence-electron chi connectivity index (χ4n) is 2.43. The summed E-state index contributed by atoms with van der Waals surface area (Å²) >= 11 is 1.63. The molecule has 116 valence electrons. The summed E-state index contributed by atoms with van der Waals surface area (Å²) in [6, 6.07) is 7.79. The Hall–Kier alpha value is -1.20. The maximum absolute atomic E-state index is 12.2. The number of hydrogen-bond donors (Lipinski definition) is 1. The predicted molar refractivity (Wildman–Crippen MR) is 88.1 cm³/mol. The third-order valence-corrected chi connectivity index (χ3v) is 4.55. The van der Waals surface area contributed by atoms with E-state index in [0.717, 1.165) is 43.0 Å². The lowest BCUT2D eigenvalue weighted by Gasteiger charge is -2.25. The van der Waals surface area contributed by atoms with Crippen LogP contribution in [0, 0.1) is 0 Å². The third-order valence-electron chi connectivity index (χ3n) is 3.76. The number of para-hydroxylation sites is 1. The van der Waals surface area contributed by atoms with Crippen LogP contribution in [0.15, 0.2) is 29.2 Å². The first kappa shape index (κ1) is 16.2. The Bertz CT molecular complexity index is 461. The number of thioether (sulfide) groups is 1. The number of carbonyl (C=O) groups excluding carboxylic acids is 1. The van der Waals surface area contributed by atoms with Crippen LogP contribution in [0.3, 0.4) is 0 Å². The SMILES string of the molecule is CSc1ccccc1NC(=O)N(C)CCC1CCCCO1. The van der Waals surface area contributed by atoms with Gasteiger partial charge in [0.15, 0.2) is 0 Å². The minimum atomic E-state index is -0.0627. The largest absolute Gasteiger partial charge is 0.378 e. The molecule has 4 nitrogen and oxygen atoms in total. The van der Waals surface area contributed by atoms with E-state index in [4.69, 9.17) is 4.74 Å². The van der Waals surface area contributed by atoms with Crippen molar-refractivity contribution in [3.05, 3.63) is 24.3 Å². The van der Waals surface area contributed by atoms with Gasteiger partial charge < -0.3 is 15.0 Å². The van der Waals surface area contributed by atoms with Gasteiger partial charge in [-0.2, -0.15) is 0 Å². The average Bonchev–Trinajstić information content (AvgIpc) is 2.54. The van der Waals surface area contributed by atoms with Gasteiger partial charge in [-0.3, -0.25) is 0 Å². The molecule has 2 rings (SSSR count). The Kier molecular flexibility index (Phi) is 6.39. The van der Waals surface area contributed by atoms with Crippen LogP contribution in [0.4, 0.5) is 10.5 Å². The lowest BCUT2D eigenvalue weighted by Crippen LogP contribution is -2.34. The quantitative estimate of drug-likeness (QED) is 0.841. The smallest absolute Gasteiger partial charge is 0.321 e. The van der Waals surface area contributed by atoms with Crippen LogP contribution in [0.1, 0.15) is 25.7 Å². The van der Waals surface area contributed by atoms with Gasteiger partial charge in [-0.05, 0) is 44.1 Å². The van der Waals surface area contributed by atoms with Gasteiger partial charge in [-0.1, -0.05) is 12.1 Å². The highest BCUT2D eigenvalue weighted by Gasteiger charge is 2.16. The molecule has 1 aliphatic heterocycles. The zero-order chi connectivity index (χ0) is 15.1. The third kappa shape index (κ3) is 4.93. The van der Waals surface area contributed by atoms with E-state index in [1.54, 1.807) is 16.7 Å². The number of rotatable bonds is 5. The summed E-state index contributed by atoms with van der Waals surface area (Å²) in [5.41, 5.74) is 0.871. The Labute approximate surface area is 131 Å². The van der Waals surface area contributed by atoms with Gasteiger partial charge in [0.2, 0.25) is 0 Å². The Balaban J connectivity index is 1.81. The van der Waals surface area contributed by atoms with E-state index in [2.05, 4.69) is 5.32 Å². The van der Waals surface area contributed by atoms with Crippen molar-refractivity contribution in [1.82, 2.24) is 4.90 Å². The van der Waals surface area contributed by atoms with Crippen LogP contribution >= 0.6 is 11.8 Å². The van der Waals surface area contributed by atoms with Gasteiger partial charge in [0.1, 0.15) is 0 Å². The van der Waals surface area contributed by atoms with Crippen molar-refractivity contribution in [2.75, 3.05) is 31.8 Å². The van der Waals surface area contributed by atoms with Crippen LogP contribution in [-0.4, -0.2) is 43.5 Å². The number of amides is 2. The number of benzene rings is 1. The predicted octanol–water partition coefficient (Wildman–Crippen LogP) is 3.83. The number of anilines is 1. The van der Waals surface area contributed by atoms with Gasteiger partial charge in [0, 0.05) is 25.1 Å². The molecule has 21 heavy (non-hydrogen) atoms. The number of urea groups is 1. The van der Waals surface area contributed by atoms with Crippen molar-refractivity contribution in [1.29, 1.82) is 0 Å². The Morgan fingerprint density at radius 1 is 1.43 bits per heavy atom. The van der Waals surface area contributed by atoms with E-state index in [-0.39, 0.29) is 6.03 Å². The zero-order valence-electron chi connectivity index (χ0n) is 12.8. The van der Waals surface area contributed by atoms with E-state index in [0.29, 0.717) is 6.10 Å². The maximum atomic E-state index is 12.2. The van der Waals surface area contributed by atoms with Crippen molar-refractivity contribution in [3.8, 4) is 0 Å². The number of carbonyl (C=O) groups is 1. The van der Waals surface area contributed by atoms with Gasteiger partial charge in [0.05, 0.1) is 11.8 Å². The molecule has 1 N–H and O–H groups in total. The molecule has 1 unspecified atom stereocenters. The minimum absolute atomic E-state index is 0.0627. The van der Waals surface area contributed by atoms with Gasteiger partial charge >= 0.3 is 6.03 Å². The summed E-state index contributed by atoms with van der Waals surface area (Å²) in [6.07, 6.45) is 6.75. The molecule has 1 fully saturated rings. The van der Waals surface area contributed by atoms with Crippen LogP contribution in [-0.2, 0) is 4.74 Å². The number of hydrogen-bond acceptors (Lipinski definition) is 3. The molecule has 1 aliphatic rings. The van der Waals surface area contributed by atoms with Crippen molar-refractivity contribution >= 4 is 23.5 Å².